The van der Waals surface area contributed by atoms with Gasteiger partial charge in [-0.05, 0) is 37.5 Å². The van der Waals surface area contributed by atoms with Gasteiger partial charge in [0.2, 0.25) is 0 Å². The van der Waals surface area contributed by atoms with Crippen molar-refractivity contribution in [3.05, 3.63) is 30.9 Å². The lowest BCUT2D eigenvalue weighted by molar-refractivity contribution is 0.0638. The summed E-state index contributed by atoms with van der Waals surface area (Å²) in [7, 11) is 0. The number of nitrogens with zero attached hydrogens (tertiary/aromatic N) is 3. The Hall–Kier alpha value is -1.78. The van der Waals surface area contributed by atoms with Crippen LogP contribution in [0.15, 0.2) is 25.0 Å². The summed E-state index contributed by atoms with van der Waals surface area (Å²) in [5, 5.41) is 3.18. The fourth-order valence-electron chi connectivity index (χ4n) is 4.31. The van der Waals surface area contributed by atoms with E-state index in [0.717, 1.165) is 51.0 Å². The Labute approximate surface area is 145 Å². The third kappa shape index (κ3) is 3.35. The Kier molecular flexibility index (Phi) is 4.97. The van der Waals surface area contributed by atoms with Crippen LogP contribution in [0.2, 0.25) is 0 Å². The van der Waals surface area contributed by atoms with Gasteiger partial charge in [-0.25, -0.2) is 9.78 Å². The average Bonchev–Trinajstić information content (AvgIpc) is 3.03. The molecule has 1 saturated heterocycles. The van der Waals surface area contributed by atoms with Crippen LogP contribution < -0.4 is 5.32 Å². The molecule has 1 N–H and O–H groups in total. The number of fused-ring (bicyclic) bond motifs is 1. The van der Waals surface area contributed by atoms with Crippen LogP contribution in [0.5, 0.6) is 0 Å². The minimum atomic E-state index is 0.0679. The van der Waals surface area contributed by atoms with Gasteiger partial charge >= 0.3 is 6.03 Å². The first-order valence-electron chi connectivity index (χ1n) is 9.19. The number of amides is 2. The number of aryl methyl sites for hydroxylation is 1. The third-order valence-electron chi connectivity index (χ3n) is 5.71. The number of hydrogen-bond acceptors (Lipinski definition) is 2. The first-order valence-corrected chi connectivity index (χ1v) is 9.19. The minimum absolute atomic E-state index is 0.0679. The maximum Gasteiger partial charge on any atom is 0.317 e. The van der Waals surface area contributed by atoms with E-state index in [4.69, 9.17) is 0 Å². The van der Waals surface area contributed by atoms with E-state index < -0.39 is 0 Å². The van der Waals surface area contributed by atoms with Gasteiger partial charge in [0.05, 0.1) is 0 Å². The predicted molar refractivity (Wildman–Crippen MR) is 95.9 cm³/mol. The van der Waals surface area contributed by atoms with Crippen molar-refractivity contribution in [3.8, 4) is 0 Å². The molecule has 1 aromatic rings. The molecule has 0 spiro atoms. The molecule has 3 rings (SSSR count). The fraction of sp³-hybridized carbons (Fsp3) is 0.684. The lowest BCUT2D eigenvalue weighted by Gasteiger charge is -2.46. The summed E-state index contributed by atoms with van der Waals surface area (Å²) in [6.07, 6.45) is 11.2. The number of carbonyl (C=O) groups is 1. The van der Waals surface area contributed by atoms with Crippen LogP contribution >= 0.6 is 0 Å². The minimum Gasteiger partial charge on any atom is -0.337 e. The lowest BCUT2D eigenvalue weighted by Crippen LogP contribution is -2.55. The molecule has 0 bridgehead atoms. The highest BCUT2D eigenvalue weighted by Crippen LogP contribution is 2.37. The van der Waals surface area contributed by atoms with E-state index in [-0.39, 0.29) is 17.5 Å². The van der Waals surface area contributed by atoms with Crippen LogP contribution in [0, 0.1) is 5.41 Å². The first-order chi connectivity index (χ1) is 11.5. The summed E-state index contributed by atoms with van der Waals surface area (Å²) in [6.45, 7) is 11.0. The molecule has 2 aliphatic heterocycles. The summed E-state index contributed by atoms with van der Waals surface area (Å²) >= 11 is 0. The molecule has 132 valence electrons. The Morgan fingerprint density at radius 2 is 2.29 bits per heavy atom. The van der Waals surface area contributed by atoms with Gasteiger partial charge in [0, 0.05) is 44.0 Å². The largest absolute Gasteiger partial charge is 0.337 e. The van der Waals surface area contributed by atoms with Crippen LogP contribution in [0.4, 0.5) is 4.79 Å². The van der Waals surface area contributed by atoms with Crippen molar-refractivity contribution in [2.24, 2.45) is 5.41 Å². The van der Waals surface area contributed by atoms with Crippen LogP contribution in [-0.2, 0) is 6.54 Å². The van der Waals surface area contributed by atoms with Gasteiger partial charge in [0.25, 0.3) is 0 Å². The molecule has 1 fully saturated rings. The molecule has 2 unspecified atom stereocenters. The number of piperidine rings is 1. The Bertz CT molecular complexity index is 592. The molecule has 2 aliphatic rings. The highest BCUT2D eigenvalue weighted by molar-refractivity contribution is 5.75. The highest BCUT2D eigenvalue weighted by Gasteiger charge is 2.39. The van der Waals surface area contributed by atoms with Crippen LogP contribution in [0.25, 0.3) is 0 Å². The maximum absolute atomic E-state index is 12.8. The molecule has 0 radical (unpaired) electrons. The van der Waals surface area contributed by atoms with Gasteiger partial charge in [0.15, 0.2) is 0 Å². The van der Waals surface area contributed by atoms with Crippen LogP contribution in [-0.4, -0.2) is 39.6 Å². The molecule has 5 nitrogen and oxygen atoms in total. The number of aromatic nitrogens is 2. The zero-order valence-electron chi connectivity index (χ0n) is 15.0. The summed E-state index contributed by atoms with van der Waals surface area (Å²) in [4.78, 5) is 19.3. The number of likely N-dealkylation sites (tertiary alicyclic amines) is 1. The van der Waals surface area contributed by atoms with Crippen molar-refractivity contribution < 1.29 is 4.79 Å². The molecule has 1 aromatic heterocycles. The summed E-state index contributed by atoms with van der Waals surface area (Å²) in [5.74, 6) is 1.44. The first kappa shape index (κ1) is 17.1. The normalized spacial score (nSPS) is 25.8. The van der Waals surface area contributed by atoms with E-state index in [0.29, 0.717) is 12.5 Å². The molecular weight excluding hydrogens is 300 g/mol. The second-order valence-corrected chi connectivity index (χ2v) is 7.83. The van der Waals surface area contributed by atoms with Gasteiger partial charge < -0.3 is 14.8 Å². The quantitative estimate of drug-likeness (QED) is 0.859. The second-order valence-electron chi connectivity index (χ2n) is 7.83. The van der Waals surface area contributed by atoms with E-state index in [9.17, 15) is 4.79 Å². The van der Waals surface area contributed by atoms with Crippen LogP contribution in [0.1, 0.15) is 57.7 Å². The molecule has 0 saturated carbocycles. The Morgan fingerprint density at radius 3 is 3.08 bits per heavy atom. The predicted octanol–water partition coefficient (Wildman–Crippen LogP) is 3.54. The molecule has 5 heteroatoms. The van der Waals surface area contributed by atoms with Crippen molar-refractivity contribution in [3.63, 3.8) is 0 Å². The van der Waals surface area contributed by atoms with E-state index >= 15 is 0 Å². The zero-order valence-corrected chi connectivity index (χ0v) is 15.0. The molecule has 2 amide bonds. The standard InChI is InChI=1S/C19H30N4O/c1-4-7-16-19(2,3)9-6-12-23(16)18(24)21-14-15-8-5-11-22-13-10-20-17(15)22/h4,10,13,15-16H,1,5-9,11-12,14H2,2-3H3,(H,21,24). The van der Waals surface area contributed by atoms with E-state index in [1.807, 2.05) is 23.4 Å². The number of urea groups is 1. The Morgan fingerprint density at radius 1 is 1.46 bits per heavy atom. The smallest absolute Gasteiger partial charge is 0.317 e. The molecular formula is C19H30N4O. The molecule has 2 atom stereocenters. The number of imidazole rings is 1. The van der Waals surface area contributed by atoms with E-state index in [2.05, 4.69) is 35.3 Å². The fourth-order valence-corrected chi connectivity index (χ4v) is 4.31. The van der Waals surface area contributed by atoms with Crippen molar-refractivity contribution in [1.29, 1.82) is 0 Å². The molecule has 24 heavy (non-hydrogen) atoms. The average molecular weight is 330 g/mol. The van der Waals surface area contributed by atoms with E-state index in [1.165, 1.54) is 0 Å². The number of hydrogen-bond donors (Lipinski definition) is 1. The van der Waals surface area contributed by atoms with E-state index in [1.54, 1.807) is 0 Å². The van der Waals surface area contributed by atoms with Crippen molar-refractivity contribution in [1.82, 2.24) is 19.8 Å². The summed E-state index contributed by atoms with van der Waals surface area (Å²) < 4.78 is 2.21. The maximum atomic E-state index is 12.8. The monoisotopic (exact) mass is 330 g/mol. The number of nitrogens with one attached hydrogen (secondary N) is 1. The lowest BCUT2D eigenvalue weighted by atomic mass is 9.75. The third-order valence-corrected chi connectivity index (χ3v) is 5.71. The summed E-state index contributed by atoms with van der Waals surface area (Å²) in [5.41, 5.74) is 0.144. The molecule has 0 aliphatic carbocycles. The second kappa shape index (κ2) is 6.99. The van der Waals surface area contributed by atoms with Crippen molar-refractivity contribution in [2.75, 3.05) is 13.1 Å². The zero-order chi connectivity index (χ0) is 17.2. The van der Waals surface area contributed by atoms with Gasteiger partial charge in [-0.15, -0.1) is 6.58 Å². The topological polar surface area (TPSA) is 50.2 Å². The van der Waals surface area contributed by atoms with Gasteiger partial charge in [-0.3, -0.25) is 0 Å². The van der Waals surface area contributed by atoms with Gasteiger partial charge in [-0.2, -0.15) is 0 Å². The van der Waals surface area contributed by atoms with Gasteiger partial charge in [-0.1, -0.05) is 19.9 Å². The number of carbonyl (C=O) groups excluding carboxylic acids is 1. The summed E-state index contributed by atoms with van der Waals surface area (Å²) in [6, 6.07) is 0.301. The molecule has 0 aromatic carbocycles. The van der Waals surface area contributed by atoms with Gasteiger partial charge in [0.1, 0.15) is 5.82 Å². The Balaban J connectivity index is 1.63. The van der Waals surface area contributed by atoms with Crippen LogP contribution in [0.3, 0.4) is 0 Å². The van der Waals surface area contributed by atoms with Crippen molar-refractivity contribution >= 4 is 6.03 Å². The highest BCUT2D eigenvalue weighted by atomic mass is 16.2. The SMILES string of the molecule is C=CCC1N(C(=O)NCC2CCCn3ccnc32)CCCC1(C)C. The number of rotatable bonds is 4. The van der Waals surface area contributed by atoms with Crippen molar-refractivity contribution in [2.45, 2.75) is 64.5 Å². The molecule has 3 heterocycles.